The summed E-state index contributed by atoms with van der Waals surface area (Å²) in [5.74, 6) is 1.20. The largest absolute Gasteiger partial charge is 0.496 e. The molecule has 0 amide bonds. The molecule has 24 heavy (non-hydrogen) atoms. The molecule has 0 aliphatic heterocycles. The first kappa shape index (κ1) is 16.6. The molecule has 0 saturated carbocycles. The zero-order valence-electron chi connectivity index (χ0n) is 12.9. The number of benzene rings is 1. The molecule has 2 heterocycles. The summed E-state index contributed by atoms with van der Waals surface area (Å²) in [7, 11) is 1.58. The van der Waals surface area contributed by atoms with Crippen molar-refractivity contribution in [3.8, 4) is 5.75 Å². The van der Waals surface area contributed by atoms with E-state index in [1.165, 1.54) is 17.8 Å². The monoisotopic (exact) mass is 353 g/mol. The van der Waals surface area contributed by atoms with Gasteiger partial charge in [-0.1, -0.05) is 17.8 Å². The molecule has 4 nitrogen and oxygen atoms in total. The topological polar surface area (TPSA) is 50.8 Å². The lowest BCUT2D eigenvalue weighted by molar-refractivity contribution is -0.136. The highest BCUT2D eigenvalue weighted by Crippen LogP contribution is 2.35. The van der Waals surface area contributed by atoms with E-state index in [1.54, 1.807) is 25.4 Å². The number of halogens is 3. The van der Waals surface area contributed by atoms with Crippen molar-refractivity contribution in [3.63, 3.8) is 0 Å². The van der Waals surface area contributed by atoms with Crippen LogP contribution in [0, 0.1) is 6.92 Å². The number of hydrogen-bond donors (Lipinski definition) is 1. The second-order valence-corrected chi connectivity index (χ2v) is 6.08. The van der Waals surface area contributed by atoms with Gasteiger partial charge >= 0.3 is 6.18 Å². The number of fused-ring (bicyclic) bond motifs is 1. The van der Waals surface area contributed by atoms with E-state index in [2.05, 4.69) is 15.0 Å². The van der Waals surface area contributed by atoms with E-state index in [4.69, 9.17) is 4.74 Å². The minimum Gasteiger partial charge on any atom is -0.496 e. The second-order valence-electron chi connectivity index (χ2n) is 5.12. The fourth-order valence-corrected chi connectivity index (χ4v) is 3.27. The van der Waals surface area contributed by atoms with Crippen molar-refractivity contribution in [2.75, 3.05) is 7.11 Å². The average molecular weight is 353 g/mol. The van der Waals surface area contributed by atoms with Crippen LogP contribution in [0.15, 0.2) is 35.6 Å². The van der Waals surface area contributed by atoms with Crippen LogP contribution in [0.3, 0.4) is 0 Å². The number of alkyl halides is 3. The van der Waals surface area contributed by atoms with Crippen LogP contribution >= 0.6 is 11.8 Å². The van der Waals surface area contributed by atoms with E-state index in [1.807, 2.05) is 6.92 Å². The molecule has 0 aliphatic carbocycles. The van der Waals surface area contributed by atoms with Gasteiger partial charge in [-0.3, -0.25) is 4.98 Å². The summed E-state index contributed by atoms with van der Waals surface area (Å²) >= 11 is 1.30. The van der Waals surface area contributed by atoms with Gasteiger partial charge in [0.05, 0.1) is 23.9 Å². The highest BCUT2D eigenvalue weighted by Gasteiger charge is 2.33. The van der Waals surface area contributed by atoms with Gasteiger partial charge in [0.2, 0.25) is 0 Å². The van der Waals surface area contributed by atoms with Crippen LogP contribution in [0.25, 0.3) is 11.0 Å². The van der Waals surface area contributed by atoms with Gasteiger partial charge in [0, 0.05) is 17.5 Å². The molecule has 2 aromatic heterocycles. The number of aromatic amines is 1. The maximum absolute atomic E-state index is 13.0. The van der Waals surface area contributed by atoms with Gasteiger partial charge in [-0.05, 0) is 25.1 Å². The zero-order valence-corrected chi connectivity index (χ0v) is 13.8. The van der Waals surface area contributed by atoms with Gasteiger partial charge in [-0.15, -0.1) is 0 Å². The normalized spacial score (nSPS) is 11.9. The van der Waals surface area contributed by atoms with Gasteiger partial charge in [0.1, 0.15) is 11.3 Å². The number of nitrogens with zero attached hydrogens (tertiary/aromatic N) is 2. The van der Waals surface area contributed by atoms with Crippen molar-refractivity contribution in [3.05, 3.63) is 47.3 Å². The van der Waals surface area contributed by atoms with Gasteiger partial charge in [-0.2, -0.15) is 13.2 Å². The molecular weight excluding hydrogens is 339 g/mol. The molecule has 0 spiro atoms. The standard InChI is InChI=1S/C16H14F3N3OS/c1-9-12(20-7-6-13(9)23-2)8-24-15-21-11-5-3-4-10(14(11)22-15)16(17,18)19/h3-7H,8H2,1-2H3,(H,21,22). The SMILES string of the molecule is COc1ccnc(CSc2nc3c(C(F)(F)F)cccc3[nH]2)c1C. The minimum atomic E-state index is -4.43. The summed E-state index contributed by atoms with van der Waals surface area (Å²) in [5.41, 5.74) is 1.26. The zero-order chi connectivity index (χ0) is 17.3. The molecule has 0 unspecified atom stereocenters. The molecule has 0 fully saturated rings. The number of para-hydroxylation sites is 1. The van der Waals surface area contributed by atoms with Gasteiger partial charge in [0.15, 0.2) is 5.16 Å². The van der Waals surface area contributed by atoms with E-state index < -0.39 is 11.7 Å². The van der Waals surface area contributed by atoms with Crippen LogP contribution in [0.2, 0.25) is 0 Å². The summed E-state index contributed by atoms with van der Waals surface area (Å²) in [6.45, 7) is 1.89. The first-order valence-electron chi connectivity index (χ1n) is 7.07. The molecule has 0 saturated heterocycles. The van der Waals surface area contributed by atoms with Crippen LogP contribution in [-0.2, 0) is 11.9 Å². The van der Waals surface area contributed by atoms with E-state index in [9.17, 15) is 13.2 Å². The molecular formula is C16H14F3N3OS. The second kappa shape index (κ2) is 6.35. The van der Waals surface area contributed by atoms with Crippen molar-refractivity contribution in [1.29, 1.82) is 0 Å². The minimum absolute atomic E-state index is 0.0668. The van der Waals surface area contributed by atoms with Crippen molar-refractivity contribution in [2.45, 2.75) is 24.0 Å². The van der Waals surface area contributed by atoms with Gasteiger partial charge < -0.3 is 9.72 Å². The summed E-state index contributed by atoms with van der Waals surface area (Å²) in [6, 6.07) is 5.74. The Morgan fingerprint density at radius 3 is 2.75 bits per heavy atom. The van der Waals surface area contributed by atoms with E-state index in [0.29, 0.717) is 16.4 Å². The third-order valence-corrected chi connectivity index (χ3v) is 4.51. The summed E-state index contributed by atoms with van der Waals surface area (Å²) in [5, 5.41) is 0.422. The summed E-state index contributed by atoms with van der Waals surface area (Å²) in [6.07, 6.45) is -2.79. The maximum atomic E-state index is 13.0. The molecule has 0 bridgehead atoms. The van der Waals surface area contributed by atoms with Gasteiger partial charge in [0.25, 0.3) is 0 Å². The van der Waals surface area contributed by atoms with Crippen molar-refractivity contribution in [1.82, 2.24) is 15.0 Å². The van der Waals surface area contributed by atoms with Crippen LogP contribution in [0.1, 0.15) is 16.8 Å². The average Bonchev–Trinajstić information content (AvgIpc) is 2.95. The molecule has 0 radical (unpaired) electrons. The lowest BCUT2D eigenvalue weighted by atomic mass is 10.2. The molecule has 1 aromatic carbocycles. The smallest absolute Gasteiger partial charge is 0.418 e. The fraction of sp³-hybridized carbons (Fsp3) is 0.250. The molecule has 0 aliphatic rings. The summed E-state index contributed by atoms with van der Waals surface area (Å²) in [4.78, 5) is 11.3. The molecule has 0 atom stereocenters. The van der Waals surface area contributed by atoms with Crippen LogP contribution in [-0.4, -0.2) is 22.1 Å². The number of methoxy groups -OCH3 is 1. The Morgan fingerprint density at radius 2 is 2.04 bits per heavy atom. The maximum Gasteiger partial charge on any atom is 0.418 e. The predicted octanol–water partition coefficient (Wildman–Crippen LogP) is 4.59. The first-order valence-corrected chi connectivity index (χ1v) is 8.06. The van der Waals surface area contributed by atoms with Gasteiger partial charge in [-0.25, -0.2) is 4.98 Å². The predicted molar refractivity (Wildman–Crippen MR) is 86.2 cm³/mol. The number of ether oxygens (including phenoxy) is 1. The van der Waals surface area contributed by atoms with Crippen molar-refractivity contribution in [2.24, 2.45) is 0 Å². The Kier molecular flexibility index (Phi) is 4.40. The fourth-order valence-electron chi connectivity index (χ4n) is 2.37. The Labute approximate surface area is 140 Å². The van der Waals surface area contributed by atoms with Crippen LogP contribution in [0.5, 0.6) is 5.75 Å². The number of hydrogen-bond acceptors (Lipinski definition) is 4. The number of aromatic nitrogens is 3. The third kappa shape index (κ3) is 3.19. The van der Waals surface area contributed by atoms with Crippen LogP contribution < -0.4 is 4.74 Å². The van der Waals surface area contributed by atoms with E-state index >= 15 is 0 Å². The number of H-pyrrole nitrogens is 1. The summed E-state index contributed by atoms with van der Waals surface area (Å²) < 4.78 is 44.3. The molecule has 1 N–H and O–H groups in total. The van der Waals surface area contributed by atoms with Crippen molar-refractivity contribution < 1.29 is 17.9 Å². The number of rotatable bonds is 4. The third-order valence-electron chi connectivity index (χ3n) is 3.62. The lowest BCUT2D eigenvalue weighted by Gasteiger charge is -2.08. The number of imidazole rings is 1. The number of thioether (sulfide) groups is 1. The molecule has 8 heteroatoms. The highest BCUT2D eigenvalue weighted by atomic mass is 32.2. The van der Waals surface area contributed by atoms with Crippen molar-refractivity contribution >= 4 is 22.8 Å². The Bertz CT molecular complexity index is 877. The van der Waals surface area contributed by atoms with E-state index in [-0.39, 0.29) is 5.52 Å². The van der Waals surface area contributed by atoms with Crippen LogP contribution in [0.4, 0.5) is 13.2 Å². The Morgan fingerprint density at radius 1 is 1.25 bits per heavy atom. The first-order chi connectivity index (χ1) is 11.4. The number of nitrogens with one attached hydrogen (secondary N) is 1. The molecule has 3 aromatic rings. The Hall–Kier alpha value is -2.22. The number of pyridine rings is 1. The highest BCUT2D eigenvalue weighted by molar-refractivity contribution is 7.98. The molecule has 126 valence electrons. The molecule has 3 rings (SSSR count). The lowest BCUT2D eigenvalue weighted by Crippen LogP contribution is -2.05. The quantitative estimate of drug-likeness (QED) is 0.697. The Balaban J connectivity index is 1.87. The van der Waals surface area contributed by atoms with E-state index in [0.717, 1.165) is 23.1 Å².